The van der Waals surface area contributed by atoms with Crippen molar-refractivity contribution in [2.75, 3.05) is 0 Å². The van der Waals surface area contributed by atoms with E-state index in [1.165, 1.54) is 0 Å². The van der Waals surface area contributed by atoms with E-state index < -0.39 is 91.6 Å². The first-order valence-electron chi connectivity index (χ1n) is 13.0. The van der Waals surface area contributed by atoms with E-state index in [2.05, 4.69) is 0 Å². The lowest BCUT2D eigenvalue weighted by Crippen LogP contribution is -2.05. The van der Waals surface area contributed by atoms with Crippen LogP contribution in [0.3, 0.4) is 0 Å². The van der Waals surface area contributed by atoms with Gasteiger partial charge in [-0.1, -0.05) is 24.3 Å². The molecule has 0 saturated heterocycles. The molecule has 0 radical (unpaired) electrons. The Labute approximate surface area is 261 Å². The normalized spacial score (nSPS) is 12.5. The molecule has 0 spiro atoms. The molecule has 0 N–H and O–H groups in total. The average Bonchev–Trinajstić information content (AvgIpc) is 3.58. The summed E-state index contributed by atoms with van der Waals surface area (Å²) in [4.78, 5) is 0. The Morgan fingerprint density at radius 1 is 0.375 bits per heavy atom. The van der Waals surface area contributed by atoms with Gasteiger partial charge in [0.2, 0.25) is 11.6 Å². The van der Waals surface area contributed by atoms with E-state index in [-0.39, 0.29) is 44.5 Å². The summed E-state index contributed by atoms with van der Waals surface area (Å²) < 4.78 is 143. The first-order chi connectivity index (χ1) is 22.8. The lowest BCUT2D eigenvalue weighted by atomic mass is 9.87. The Kier molecular flexibility index (Phi) is 7.19. The summed E-state index contributed by atoms with van der Waals surface area (Å²) in [6.07, 6.45) is 0. The van der Waals surface area contributed by atoms with E-state index in [9.17, 15) is 65.0 Å². The summed E-state index contributed by atoms with van der Waals surface area (Å²) in [7, 11) is 0. The van der Waals surface area contributed by atoms with E-state index in [0.29, 0.717) is 0 Å². The molecule has 4 aromatic rings. The number of hydrogen-bond donors (Lipinski definition) is 0. The van der Waals surface area contributed by atoms with Crippen LogP contribution in [0.4, 0.5) is 43.9 Å². The van der Waals surface area contributed by atoms with Crippen LogP contribution in [0, 0.1) is 103 Å². The van der Waals surface area contributed by atoms with Gasteiger partial charge >= 0.3 is 0 Å². The Morgan fingerprint density at radius 3 is 0.917 bits per heavy atom. The molecule has 14 heteroatoms. The van der Waals surface area contributed by atoms with Gasteiger partial charge < -0.3 is 0 Å². The maximum atomic E-state index is 14.8. The summed E-state index contributed by atoms with van der Waals surface area (Å²) in [5.41, 5.74) is -6.46. The molecular weight excluding hydrogens is 654 g/mol. The highest BCUT2D eigenvalue weighted by Crippen LogP contribution is 2.60. The first kappa shape index (κ1) is 31.3. The Hall–Kier alpha value is -6.64. The third kappa shape index (κ3) is 4.07. The number of nitrogens with zero attached hydrogens (tertiary/aromatic N) is 4. The molecule has 0 atom stereocenters. The quantitative estimate of drug-likeness (QED) is 0.0929. The number of benzene rings is 4. The van der Waals surface area contributed by atoms with Crippen molar-refractivity contribution < 1.29 is 43.9 Å². The predicted molar refractivity (Wildman–Crippen MR) is 146 cm³/mol. The van der Waals surface area contributed by atoms with Gasteiger partial charge in [0.1, 0.15) is 35.4 Å². The van der Waals surface area contributed by atoms with Gasteiger partial charge in [-0.3, -0.25) is 0 Å². The number of fused-ring (bicyclic) bond motifs is 4. The van der Waals surface area contributed by atoms with Crippen LogP contribution in [0.25, 0.3) is 44.5 Å². The zero-order valence-electron chi connectivity index (χ0n) is 23.0. The van der Waals surface area contributed by atoms with Crippen molar-refractivity contribution in [1.29, 1.82) is 21.0 Å². The molecular formula is C34H6F10N4. The van der Waals surface area contributed by atoms with Crippen molar-refractivity contribution in [2.45, 2.75) is 0 Å². The highest BCUT2D eigenvalue weighted by molar-refractivity contribution is 6.38. The Bertz CT molecular complexity index is 2240. The third-order valence-corrected chi connectivity index (χ3v) is 7.81. The van der Waals surface area contributed by atoms with Crippen molar-refractivity contribution in [3.8, 4) is 46.5 Å². The second kappa shape index (κ2) is 11.0. The van der Waals surface area contributed by atoms with E-state index >= 15 is 0 Å². The molecule has 6 rings (SSSR count). The Morgan fingerprint density at radius 2 is 0.646 bits per heavy atom. The van der Waals surface area contributed by atoms with Gasteiger partial charge in [-0.15, -0.1) is 0 Å². The molecule has 0 aromatic heterocycles. The van der Waals surface area contributed by atoms with Gasteiger partial charge in [0.25, 0.3) is 0 Å². The van der Waals surface area contributed by atoms with Crippen LogP contribution >= 0.6 is 0 Å². The number of rotatable bonds is 2. The molecule has 4 aromatic carbocycles. The molecule has 2 aliphatic rings. The highest BCUT2D eigenvalue weighted by atomic mass is 19.2. The minimum atomic E-state index is -2.42. The topological polar surface area (TPSA) is 95.2 Å². The summed E-state index contributed by atoms with van der Waals surface area (Å²) >= 11 is 0. The Balaban J connectivity index is 1.75. The first-order valence-corrected chi connectivity index (χ1v) is 13.0. The van der Waals surface area contributed by atoms with Gasteiger partial charge in [0.15, 0.2) is 46.5 Å². The van der Waals surface area contributed by atoms with Crippen molar-refractivity contribution in [1.82, 2.24) is 0 Å². The number of halogens is 10. The molecule has 0 aliphatic heterocycles. The number of hydrogen-bond acceptors (Lipinski definition) is 4. The highest BCUT2D eigenvalue weighted by Gasteiger charge is 2.41. The van der Waals surface area contributed by atoms with E-state index in [1.54, 1.807) is 24.3 Å². The van der Waals surface area contributed by atoms with E-state index in [0.717, 1.165) is 36.4 Å². The zero-order valence-corrected chi connectivity index (χ0v) is 23.0. The van der Waals surface area contributed by atoms with Crippen molar-refractivity contribution in [3.63, 3.8) is 0 Å². The molecule has 48 heavy (non-hydrogen) atoms. The standard InChI is InChI=1S/C34H6F10N4/c35-25-21(26(36)30(40)33(43)29(25)39)11-1-3-15-17(5-11)23-20(14(9-47)10-48)16-4-2-12(6-18(16)24(23)19(15)13(7-45)8-46)22-27(37)31(41)34(44)32(42)28(22)38/h1-6H. The summed E-state index contributed by atoms with van der Waals surface area (Å²) in [5.74, 6) is -22.7. The minimum Gasteiger partial charge on any atom is -0.203 e. The lowest BCUT2D eigenvalue weighted by molar-refractivity contribution is 0.381. The molecule has 2 aliphatic carbocycles. The maximum Gasteiger partial charge on any atom is 0.200 e. The molecule has 0 heterocycles. The molecule has 0 bridgehead atoms. The van der Waals surface area contributed by atoms with E-state index in [4.69, 9.17) is 0 Å². The van der Waals surface area contributed by atoms with Gasteiger partial charge in [-0.05, 0) is 45.5 Å². The molecule has 4 nitrogen and oxygen atoms in total. The summed E-state index contributed by atoms with van der Waals surface area (Å²) in [6.45, 7) is 0. The lowest BCUT2D eigenvalue weighted by Gasteiger charge is -2.16. The van der Waals surface area contributed by atoms with Crippen molar-refractivity contribution >= 4 is 22.3 Å². The fourth-order valence-corrected chi connectivity index (χ4v) is 5.82. The fraction of sp³-hybridized carbons (Fsp3) is 0. The molecule has 0 amide bonds. The predicted octanol–water partition coefficient (Wildman–Crippen LogP) is 8.95. The number of allylic oxidation sites excluding steroid dienone is 6. The monoisotopic (exact) mass is 660 g/mol. The van der Waals surface area contributed by atoms with Gasteiger partial charge in [-0.2, -0.15) is 21.0 Å². The molecule has 0 fully saturated rings. The maximum absolute atomic E-state index is 14.8. The van der Waals surface area contributed by atoms with E-state index in [1.807, 2.05) is 0 Å². The second-order valence-electron chi connectivity index (χ2n) is 10.1. The van der Waals surface area contributed by atoms with Crippen LogP contribution in [0.15, 0.2) is 47.5 Å². The smallest absolute Gasteiger partial charge is 0.200 e. The van der Waals surface area contributed by atoms with Crippen molar-refractivity contribution in [2.24, 2.45) is 0 Å². The number of nitriles is 4. The minimum absolute atomic E-state index is 0.0641. The van der Waals surface area contributed by atoms with Gasteiger partial charge in [-0.25, -0.2) is 43.9 Å². The molecule has 0 unspecified atom stereocenters. The largest absolute Gasteiger partial charge is 0.203 e. The zero-order chi connectivity index (χ0) is 34.9. The van der Waals surface area contributed by atoms with Gasteiger partial charge in [0.05, 0.1) is 11.1 Å². The summed E-state index contributed by atoms with van der Waals surface area (Å²) in [6, 6.07) is 12.4. The second-order valence-corrected chi connectivity index (χ2v) is 10.1. The van der Waals surface area contributed by atoms with Crippen molar-refractivity contribution in [3.05, 3.63) is 128 Å². The average molecular weight is 660 g/mol. The van der Waals surface area contributed by atoms with Crippen LogP contribution in [0.5, 0.6) is 0 Å². The third-order valence-electron chi connectivity index (χ3n) is 7.81. The van der Waals surface area contributed by atoms with Crippen LogP contribution in [0.1, 0.15) is 22.3 Å². The van der Waals surface area contributed by atoms with Gasteiger partial charge in [0, 0.05) is 22.3 Å². The molecule has 232 valence electrons. The van der Waals surface area contributed by atoms with Crippen LogP contribution < -0.4 is 0 Å². The molecule has 0 saturated carbocycles. The summed E-state index contributed by atoms with van der Waals surface area (Å²) in [5, 5.41) is 39.3. The fourth-order valence-electron chi connectivity index (χ4n) is 5.82. The van der Waals surface area contributed by atoms with Crippen LogP contribution in [-0.2, 0) is 0 Å². The SMILES string of the molecule is N#CC(C#N)=C1C2=C(C(=C(C#N)C#N)c3ccc(-c4c(F)c(F)c(F)c(F)c4F)cc32)c2cc(-c3c(F)c(F)c(F)c(F)c3F)ccc21. The van der Waals surface area contributed by atoms with Crippen LogP contribution in [-0.4, -0.2) is 0 Å². The van der Waals surface area contributed by atoms with Crippen LogP contribution in [0.2, 0.25) is 0 Å².